The highest BCUT2D eigenvalue weighted by Crippen LogP contribution is 2.32. The third-order valence-electron chi connectivity index (χ3n) is 3.49. The molecule has 0 aliphatic carbocycles. The van der Waals surface area contributed by atoms with Crippen molar-refractivity contribution in [2.24, 2.45) is 0 Å². The van der Waals surface area contributed by atoms with E-state index in [0.29, 0.717) is 5.06 Å². The Balaban J connectivity index is 1.71. The zero-order chi connectivity index (χ0) is 18.1. The number of hydrogen-bond donors (Lipinski definition) is 0. The van der Waals surface area contributed by atoms with Gasteiger partial charge in [-0.15, -0.1) is 0 Å². The van der Waals surface area contributed by atoms with E-state index in [-0.39, 0.29) is 26.9 Å². The van der Waals surface area contributed by atoms with Gasteiger partial charge < -0.3 is 9.57 Å². The van der Waals surface area contributed by atoms with Crippen molar-refractivity contribution in [1.82, 2.24) is 5.06 Å². The lowest BCUT2D eigenvalue weighted by molar-refractivity contribution is -0.176. The first-order valence-electron chi connectivity index (χ1n) is 7.20. The van der Waals surface area contributed by atoms with E-state index in [9.17, 15) is 14.4 Å². The van der Waals surface area contributed by atoms with Crippen molar-refractivity contribution in [3.8, 4) is 5.75 Å². The number of fused-ring (bicyclic) bond motifs is 1. The summed E-state index contributed by atoms with van der Waals surface area (Å²) in [6, 6.07) is 10.9. The van der Waals surface area contributed by atoms with E-state index < -0.39 is 23.9 Å². The van der Waals surface area contributed by atoms with E-state index in [1.54, 1.807) is 24.3 Å². The number of halogens is 2. The molecule has 0 aromatic heterocycles. The largest absolute Gasteiger partial charge is 0.477 e. The molecule has 3 rings (SSSR count). The Kier molecular flexibility index (Phi) is 4.65. The van der Waals surface area contributed by atoms with Crippen LogP contribution in [0.4, 0.5) is 0 Å². The van der Waals surface area contributed by atoms with Crippen molar-refractivity contribution in [3.05, 3.63) is 63.6 Å². The monoisotopic (exact) mass is 379 g/mol. The van der Waals surface area contributed by atoms with Crippen LogP contribution in [0.2, 0.25) is 10.0 Å². The van der Waals surface area contributed by atoms with E-state index in [4.69, 9.17) is 32.8 Å². The molecule has 0 saturated heterocycles. The number of carbonyl (C=O) groups excluding carboxylic acids is 3. The molecule has 2 aromatic carbocycles. The van der Waals surface area contributed by atoms with E-state index in [0.717, 1.165) is 0 Å². The number of rotatable bonds is 4. The third kappa shape index (κ3) is 3.18. The summed E-state index contributed by atoms with van der Waals surface area (Å²) < 4.78 is 5.41. The van der Waals surface area contributed by atoms with Crippen LogP contribution in [-0.4, -0.2) is 29.0 Å². The molecule has 25 heavy (non-hydrogen) atoms. The topological polar surface area (TPSA) is 72.9 Å². The minimum absolute atomic E-state index is 0.143. The smallest absolute Gasteiger partial charge is 0.373 e. The van der Waals surface area contributed by atoms with Gasteiger partial charge in [0.15, 0.2) is 6.10 Å². The Morgan fingerprint density at radius 1 is 1.00 bits per heavy atom. The average Bonchev–Trinajstić information content (AvgIpc) is 2.84. The summed E-state index contributed by atoms with van der Waals surface area (Å²) >= 11 is 11.9. The minimum atomic E-state index is -1.12. The lowest BCUT2D eigenvalue weighted by Crippen LogP contribution is -2.37. The van der Waals surface area contributed by atoms with Crippen molar-refractivity contribution in [3.63, 3.8) is 0 Å². The van der Waals surface area contributed by atoms with Crippen LogP contribution in [0, 0.1) is 0 Å². The first kappa shape index (κ1) is 17.3. The first-order valence-corrected chi connectivity index (χ1v) is 7.96. The number of nitrogens with zero attached hydrogens (tertiary/aromatic N) is 1. The number of ether oxygens (including phenoxy) is 1. The Bertz CT molecular complexity index is 848. The molecule has 2 amide bonds. The van der Waals surface area contributed by atoms with Gasteiger partial charge in [-0.25, -0.2) is 4.79 Å². The molecule has 128 valence electrons. The molecule has 0 saturated carbocycles. The number of benzene rings is 2. The molecule has 1 aliphatic rings. The second kappa shape index (κ2) is 6.74. The van der Waals surface area contributed by atoms with Crippen molar-refractivity contribution < 1.29 is 24.0 Å². The average molecular weight is 380 g/mol. The van der Waals surface area contributed by atoms with Crippen LogP contribution >= 0.6 is 23.2 Å². The summed E-state index contributed by atoms with van der Waals surface area (Å²) in [5, 5.41) is 0.830. The molecule has 2 aromatic rings. The Morgan fingerprint density at radius 2 is 1.60 bits per heavy atom. The standard InChI is InChI=1S/C17H11Cl2NO5/c1-9(24-13-8-4-7-12(18)14(13)19)17(23)25-20-15(21)10-5-2-3-6-11(10)16(20)22/h2-9H,1H3. The van der Waals surface area contributed by atoms with Crippen LogP contribution in [0.25, 0.3) is 0 Å². The second-order valence-corrected chi connectivity index (χ2v) is 5.96. The highest BCUT2D eigenvalue weighted by Gasteiger charge is 2.39. The summed E-state index contributed by atoms with van der Waals surface area (Å²) in [5.74, 6) is -2.16. The van der Waals surface area contributed by atoms with Gasteiger partial charge in [-0.3, -0.25) is 9.59 Å². The van der Waals surface area contributed by atoms with Crippen LogP contribution < -0.4 is 4.74 Å². The van der Waals surface area contributed by atoms with Gasteiger partial charge in [-0.1, -0.05) is 46.5 Å². The molecule has 1 unspecified atom stereocenters. The molecule has 8 heteroatoms. The quantitative estimate of drug-likeness (QED) is 0.759. The fourth-order valence-corrected chi connectivity index (χ4v) is 2.56. The lowest BCUT2D eigenvalue weighted by atomic mass is 10.1. The van der Waals surface area contributed by atoms with E-state index in [2.05, 4.69) is 0 Å². The van der Waals surface area contributed by atoms with Crippen LogP contribution in [-0.2, 0) is 9.63 Å². The van der Waals surface area contributed by atoms with E-state index in [1.165, 1.54) is 25.1 Å². The fourth-order valence-electron chi connectivity index (χ4n) is 2.23. The Hall–Kier alpha value is -2.57. The maximum Gasteiger partial charge on any atom is 0.373 e. The molecule has 0 spiro atoms. The zero-order valence-corrected chi connectivity index (χ0v) is 14.4. The first-order chi connectivity index (χ1) is 11.9. The van der Waals surface area contributed by atoms with Crippen molar-refractivity contribution in [2.45, 2.75) is 13.0 Å². The maximum atomic E-state index is 12.2. The molecule has 0 radical (unpaired) electrons. The molecule has 1 heterocycles. The summed E-state index contributed by atoms with van der Waals surface area (Å²) in [6.07, 6.45) is -1.12. The molecule has 1 aliphatic heterocycles. The van der Waals surface area contributed by atoms with Crippen molar-refractivity contribution in [1.29, 1.82) is 0 Å². The number of carbonyl (C=O) groups is 3. The van der Waals surface area contributed by atoms with E-state index >= 15 is 0 Å². The minimum Gasteiger partial charge on any atom is -0.477 e. The molecule has 0 fully saturated rings. The maximum absolute atomic E-state index is 12.2. The van der Waals surface area contributed by atoms with Gasteiger partial charge in [0.05, 0.1) is 16.1 Å². The molecule has 0 N–H and O–H groups in total. The van der Waals surface area contributed by atoms with Gasteiger partial charge in [-0.2, -0.15) is 0 Å². The van der Waals surface area contributed by atoms with Gasteiger partial charge in [0.2, 0.25) is 0 Å². The Morgan fingerprint density at radius 3 is 2.20 bits per heavy atom. The number of amides is 2. The lowest BCUT2D eigenvalue weighted by Gasteiger charge is -2.18. The van der Waals surface area contributed by atoms with Gasteiger partial charge in [0.1, 0.15) is 10.8 Å². The molecular weight excluding hydrogens is 369 g/mol. The summed E-state index contributed by atoms with van der Waals surface area (Å²) in [6.45, 7) is 1.40. The SMILES string of the molecule is CC(Oc1cccc(Cl)c1Cl)C(=O)ON1C(=O)c2ccccc2C1=O. The highest BCUT2D eigenvalue weighted by atomic mass is 35.5. The van der Waals surface area contributed by atoms with Crippen LogP contribution in [0.1, 0.15) is 27.6 Å². The highest BCUT2D eigenvalue weighted by molar-refractivity contribution is 6.42. The number of hydroxylamine groups is 2. The third-order valence-corrected chi connectivity index (χ3v) is 4.29. The summed E-state index contributed by atoms with van der Waals surface area (Å²) in [4.78, 5) is 41.4. The predicted molar refractivity (Wildman–Crippen MR) is 89.6 cm³/mol. The molecule has 0 bridgehead atoms. The van der Waals surface area contributed by atoms with Gasteiger partial charge >= 0.3 is 5.97 Å². The predicted octanol–water partition coefficient (Wildman–Crippen LogP) is 3.52. The summed E-state index contributed by atoms with van der Waals surface area (Å²) in [7, 11) is 0. The normalized spacial score (nSPS) is 14.3. The second-order valence-electron chi connectivity index (χ2n) is 5.17. The van der Waals surface area contributed by atoms with Crippen LogP contribution in [0.3, 0.4) is 0 Å². The van der Waals surface area contributed by atoms with Crippen LogP contribution in [0.5, 0.6) is 5.75 Å². The molecule has 1 atom stereocenters. The fraction of sp³-hybridized carbons (Fsp3) is 0.118. The van der Waals surface area contributed by atoms with Gasteiger partial charge in [0.25, 0.3) is 11.8 Å². The van der Waals surface area contributed by atoms with E-state index in [1.807, 2.05) is 0 Å². The van der Waals surface area contributed by atoms with Gasteiger partial charge in [-0.05, 0) is 31.2 Å². The molecular formula is C17H11Cl2NO5. The summed E-state index contributed by atoms with van der Waals surface area (Å²) in [5.41, 5.74) is 0.346. The zero-order valence-electron chi connectivity index (χ0n) is 12.9. The van der Waals surface area contributed by atoms with Crippen LogP contribution in [0.15, 0.2) is 42.5 Å². The van der Waals surface area contributed by atoms with Gasteiger partial charge in [0, 0.05) is 0 Å². The van der Waals surface area contributed by atoms with Crippen molar-refractivity contribution in [2.75, 3.05) is 0 Å². The Labute approximate surface area is 152 Å². The number of imide groups is 1. The molecule has 6 nitrogen and oxygen atoms in total. The van der Waals surface area contributed by atoms with Crippen molar-refractivity contribution >= 4 is 41.0 Å². The number of hydrogen-bond acceptors (Lipinski definition) is 5.